The van der Waals surface area contributed by atoms with Gasteiger partial charge in [-0.2, -0.15) is 0 Å². The van der Waals surface area contributed by atoms with Crippen LogP contribution in [-0.4, -0.2) is 41.3 Å². The summed E-state index contributed by atoms with van der Waals surface area (Å²) < 4.78 is 10.6. The fraction of sp³-hybridized carbons (Fsp3) is 0.0714. The highest BCUT2D eigenvalue weighted by Gasteiger charge is 1.96. The van der Waals surface area contributed by atoms with E-state index in [2.05, 4.69) is 31.2 Å². The molecule has 2 aromatic carbocycles. The van der Waals surface area contributed by atoms with Crippen molar-refractivity contribution in [2.45, 2.75) is 6.92 Å². The largest absolute Gasteiger partial charge is 0.478 e. The van der Waals surface area contributed by atoms with Crippen molar-refractivity contribution >= 4 is 41.4 Å². The van der Waals surface area contributed by atoms with Gasteiger partial charge in [0.05, 0.1) is 5.56 Å². The molecule has 0 unspecified atom stereocenters. The summed E-state index contributed by atoms with van der Waals surface area (Å²) in [4.78, 5) is 10.2. The lowest BCUT2D eigenvalue weighted by Gasteiger charge is -2.02. The number of aryl methyl sites for hydroxylation is 1. The first kappa shape index (κ1) is 17.5. The predicted molar refractivity (Wildman–Crippen MR) is 93.4 cm³/mol. The van der Waals surface area contributed by atoms with Gasteiger partial charge in [0.25, 0.3) is 10.0 Å². The molecular weight excluding hydrogens is 316 g/mol. The van der Waals surface area contributed by atoms with Crippen LogP contribution in [0.2, 0.25) is 0 Å². The van der Waals surface area contributed by atoms with E-state index in [1.165, 1.54) is 10.8 Å². The molecule has 0 aliphatic carbocycles. The highest BCUT2D eigenvalue weighted by molar-refractivity contribution is 6.53. The molecule has 0 aliphatic rings. The highest BCUT2D eigenvalue weighted by atomic mass is 28.3. The monoisotopic (exact) mass is 336 g/mol. The average molecular weight is 337 g/mol. The third kappa shape index (κ3) is 7.73. The Kier molecular flexibility index (Phi) is 8.55. The number of hydrogen-bond acceptors (Lipinski definition) is 3. The van der Waals surface area contributed by atoms with Crippen LogP contribution in [0, 0.1) is 6.92 Å². The Labute approximate surface area is 132 Å². The van der Waals surface area contributed by atoms with Crippen LogP contribution in [0.5, 0.6) is 0 Å². The Balaban J connectivity index is 0.000000219. The van der Waals surface area contributed by atoms with Gasteiger partial charge < -0.3 is 13.3 Å². The van der Waals surface area contributed by atoms with Crippen LogP contribution in [0.25, 0.3) is 0 Å². The molecule has 4 nitrogen and oxygen atoms in total. The van der Waals surface area contributed by atoms with Gasteiger partial charge >= 0.3 is 5.97 Å². The van der Waals surface area contributed by atoms with E-state index in [-0.39, 0.29) is 0 Å². The summed E-state index contributed by atoms with van der Waals surface area (Å²) >= 11 is 0. The first-order valence-electron chi connectivity index (χ1n) is 6.54. The Hall–Kier alpha value is -1.52. The van der Waals surface area contributed by atoms with Gasteiger partial charge in [-0.05, 0) is 24.2 Å². The maximum Gasteiger partial charge on any atom is 0.335 e. The van der Waals surface area contributed by atoms with Crippen LogP contribution < -0.4 is 5.19 Å². The zero-order valence-electron chi connectivity index (χ0n) is 12.3. The zero-order chi connectivity index (χ0) is 15.5. The second-order valence-corrected chi connectivity index (χ2v) is 9.70. The molecule has 0 radical (unpaired) electrons. The summed E-state index contributed by atoms with van der Waals surface area (Å²) in [5, 5.41) is 9.75. The van der Waals surface area contributed by atoms with Crippen molar-refractivity contribution in [2.24, 2.45) is 0 Å². The summed E-state index contributed by atoms with van der Waals surface area (Å²) in [6.45, 7) is 2.10. The quantitative estimate of drug-likeness (QED) is 0.585. The molecule has 0 saturated heterocycles. The lowest BCUT2D eigenvalue weighted by Crippen LogP contribution is -2.19. The second-order valence-electron chi connectivity index (χ2n) is 4.41. The van der Waals surface area contributed by atoms with Crippen LogP contribution in [0.15, 0.2) is 54.6 Å². The Bertz CT molecular complexity index is 532. The van der Waals surface area contributed by atoms with Gasteiger partial charge in [0.1, 0.15) is 10.5 Å². The van der Waals surface area contributed by atoms with E-state index in [0.717, 1.165) is 10.5 Å². The molecule has 112 valence electrons. The number of carboxylic acids is 1. The molecule has 0 aliphatic heterocycles. The summed E-state index contributed by atoms with van der Waals surface area (Å²) in [6.07, 6.45) is 0. The molecule has 7 heteroatoms. The van der Waals surface area contributed by atoms with Crippen LogP contribution in [0.1, 0.15) is 15.9 Å². The van der Waals surface area contributed by atoms with Crippen molar-refractivity contribution in [1.29, 1.82) is 0 Å². The van der Waals surface area contributed by atoms with E-state index >= 15 is 0 Å². The standard InChI is InChI=1S/C7H14O2Si3.C7H6O2/c1-6-2-4-7(5-3-6)11-9-12-8-10;8-7(9)6-4-2-1-3-5-6/h2-5H,11-12H2,1,10H3;1-5H,(H,8,9). The van der Waals surface area contributed by atoms with Crippen LogP contribution in [0.3, 0.4) is 0 Å². The Morgan fingerprint density at radius 3 is 2.19 bits per heavy atom. The summed E-state index contributed by atoms with van der Waals surface area (Å²) in [7, 11) is -0.265. The van der Waals surface area contributed by atoms with Crippen molar-refractivity contribution in [3.8, 4) is 0 Å². The minimum Gasteiger partial charge on any atom is -0.478 e. The predicted octanol–water partition coefficient (Wildman–Crippen LogP) is -0.599. The minimum atomic E-state index is -0.879. The van der Waals surface area contributed by atoms with E-state index in [1.54, 1.807) is 30.3 Å². The normalized spacial score (nSPS) is 10.9. The number of carboxylic acid groups (broad SMARTS) is 1. The van der Waals surface area contributed by atoms with E-state index in [4.69, 9.17) is 13.3 Å². The van der Waals surface area contributed by atoms with Crippen LogP contribution >= 0.6 is 0 Å². The van der Waals surface area contributed by atoms with Crippen molar-refractivity contribution < 1.29 is 18.1 Å². The Morgan fingerprint density at radius 2 is 1.71 bits per heavy atom. The van der Waals surface area contributed by atoms with Gasteiger partial charge in [-0.15, -0.1) is 0 Å². The second kappa shape index (κ2) is 10.2. The molecule has 1 N–H and O–H groups in total. The SMILES string of the molecule is Cc1ccc([SiH2]O[SiH2]O[SiH3])cc1.O=C(O)c1ccccc1. The first-order chi connectivity index (χ1) is 10.1. The fourth-order valence-electron chi connectivity index (χ4n) is 1.51. The summed E-state index contributed by atoms with van der Waals surface area (Å²) in [6, 6.07) is 16.9. The smallest absolute Gasteiger partial charge is 0.335 e. The average Bonchev–Trinajstić information content (AvgIpc) is 2.51. The lowest BCUT2D eigenvalue weighted by atomic mass is 10.2. The molecule has 0 heterocycles. The third-order valence-electron chi connectivity index (χ3n) is 2.61. The van der Waals surface area contributed by atoms with Crippen molar-refractivity contribution in [1.82, 2.24) is 0 Å². The molecule has 2 aromatic rings. The maximum atomic E-state index is 10.2. The van der Waals surface area contributed by atoms with Gasteiger partial charge in [0, 0.05) is 0 Å². The third-order valence-corrected chi connectivity index (χ3v) is 5.84. The lowest BCUT2D eigenvalue weighted by molar-refractivity contribution is 0.0697. The summed E-state index contributed by atoms with van der Waals surface area (Å²) in [5.41, 5.74) is 1.64. The zero-order valence-corrected chi connectivity index (χ0v) is 17.1. The number of carbonyl (C=O) groups is 1. The van der Waals surface area contributed by atoms with Gasteiger partial charge in [0.2, 0.25) is 0 Å². The molecule has 2 rings (SSSR count). The molecule has 0 atom stereocenters. The van der Waals surface area contributed by atoms with E-state index in [0.29, 0.717) is 5.56 Å². The molecule has 21 heavy (non-hydrogen) atoms. The molecule has 0 bridgehead atoms. The van der Waals surface area contributed by atoms with Crippen LogP contribution in [0.4, 0.5) is 0 Å². The van der Waals surface area contributed by atoms with Crippen molar-refractivity contribution in [2.75, 3.05) is 0 Å². The van der Waals surface area contributed by atoms with Gasteiger partial charge in [-0.1, -0.05) is 48.0 Å². The van der Waals surface area contributed by atoms with Crippen molar-refractivity contribution in [3.05, 3.63) is 65.7 Å². The minimum absolute atomic E-state index is 0.331. The molecular formula is C14H20O4Si3. The van der Waals surface area contributed by atoms with Crippen LogP contribution in [-0.2, 0) is 8.23 Å². The molecule has 0 amide bonds. The maximum absolute atomic E-state index is 10.2. The Morgan fingerprint density at radius 1 is 1.10 bits per heavy atom. The van der Waals surface area contributed by atoms with E-state index < -0.39 is 25.7 Å². The number of hydrogen-bond donors (Lipinski definition) is 1. The topological polar surface area (TPSA) is 55.8 Å². The fourth-order valence-corrected chi connectivity index (χ4v) is 5.38. The highest BCUT2D eigenvalue weighted by Crippen LogP contribution is 1.96. The molecule has 0 aromatic heterocycles. The first-order valence-corrected chi connectivity index (χ1v) is 9.79. The van der Waals surface area contributed by atoms with Gasteiger partial charge in [-0.25, -0.2) is 4.79 Å². The molecule has 0 spiro atoms. The summed E-state index contributed by atoms with van der Waals surface area (Å²) in [5.74, 6) is -0.879. The van der Waals surface area contributed by atoms with E-state index in [1.807, 2.05) is 0 Å². The number of benzene rings is 2. The molecule has 0 saturated carbocycles. The molecule has 0 fully saturated rings. The van der Waals surface area contributed by atoms with Gasteiger partial charge in [0.15, 0.2) is 9.76 Å². The van der Waals surface area contributed by atoms with Crippen molar-refractivity contribution in [3.63, 3.8) is 0 Å². The van der Waals surface area contributed by atoms with E-state index in [9.17, 15) is 4.79 Å². The van der Waals surface area contributed by atoms with Gasteiger partial charge in [-0.3, -0.25) is 0 Å². The number of rotatable bonds is 5. The number of aromatic carboxylic acids is 1.